The summed E-state index contributed by atoms with van der Waals surface area (Å²) >= 11 is -2.02. The van der Waals surface area contributed by atoms with Crippen LogP contribution in [0, 0.1) is 0 Å². The minimum absolute atomic E-state index is 0. The molecule has 0 heterocycles. The second-order valence-electron chi connectivity index (χ2n) is 10.8. The second-order valence-corrected chi connectivity index (χ2v) is 21.3. The molecular formula is C29H36Cl2Si2Zr. The van der Waals surface area contributed by atoms with E-state index >= 15 is 0 Å². The van der Waals surface area contributed by atoms with Gasteiger partial charge in [-0.25, -0.2) is 0 Å². The predicted molar refractivity (Wildman–Crippen MR) is 143 cm³/mol. The molecule has 2 aromatic rings. The fourth-order valence-electron chi connectivity index (χ4n) is 7.10. The van der Waals surface area contributed by atoms with Crippen molar-refractivity contribution in [1.82, 2.24) is 0 Å². The van der Waals surface area contributed by atoms with Gasteiger partial charge >= 0.3 is 208 Å². The normalized spacial score (nSPS) is 24.0. The molecule has 0 aromatic heterocycles. The van der Waals surface area contributed by atoms with Gasteiger partial charge in [-0.05, 0) is 0 Å². The molecule has 6 rings (SSSR count). The molecule has 34 heavy (non-hydrogen) atoms. The molecule has 2 saturated carbocycles. The summed E-state index contributed by atoms with van der Waals surface area (Å²) in [5, 5.41) is 3.60. The van der Waals surface area contributed by atoms with Crippen LogP contribution in [0.5, 0.6) is 0 Å². The van der Waals surface area contributed by atoms with Crippen molar-refractivity contribution in [3.63, 3.8) is 0 Å². The Morgan fingerprint density at radius 2 is 1.00 bits per heavy atom. The molecule has 0 spiro atoms. The molecule has 2 unspecified atom stereocenters. The van der Waals surface area contributed by atoms with Crippen LogP contribution in [-0.4, -0.2) is 23.3 Å². The van der Waals surface area contributed by atoms with Gasteiger partial charge in [0.1, 0.15) is 0 Å². The van der Waals surface area contributed by atoms with E-state index in [2.05, 4.69) is 60.7 Å². The summed E-state index contributed by atoms with van der Waals surface area (Å²) in [5.41, 5.74) is 8.69. The monoisotopic (exact) mass is 600 g/mol. The van der Waals surface area contributed by atoms with Gasteiger partial charge in [0.15, 0.2) is 0 Å². The Balaban J connectivity index is 0.00000137. The average molecular weight is 603 g/mol. The van der Waals surface area contributed by atoms with Gasteiger partial charge in [-0.2, -0.15) is 0 Å². The Morgan fingerprint density at radius 3 is 1.41 bits per heavy atom. The molecule has 0 amide bonds. The first-order chi connectivity index (χ1) is 15.8. The molecule has 2 aromatic carbocycles. The van der Waals surface area contributed by atoms with Crippen LogP contribution in [0.2, 0.25) is 11.1 Å². The molecule has 0 bridgehead atoms. The molecule has 4 aliphatic rings. The molecule has 0 saturated heterocycles. The molecule has 4 aliphatic carbocycles. The summed E-state index contributed by atoms with van der Waals surface area (Å²) in [5.74, 6) is 0. The van der Waals surface area contributed by atoms with E-state index in [4.69, 9.17) is 4.21 Å². The van der Waals surface area contributed by atoms with Crippen molar-refractivity contribution in [2.24, 2.45) is 0 Å². The van der Waals surface area contributed by atoms with Gasteiger partial charge in [0.05, 0.1) is 0 Å². The first-order valence-electron chi connectivity index (χ1n) is 13.1. The zero-order chi connectivity index (χ0) is 21.5. The van der Waals surface area contributed by atoms with E-state index in [0.29, 0.717) is 7.25 Å². The van der Waals surface area contributed by atoms with E-state index in [9.17, 15) is 0 Å². The van der Waals surface area contributed by atoms with Crippen LogP contribution < -0.4 is 24.8 Å². The van der Waals surface area contributed by atoms with Crippen molar-refractivity contribution in [3.8, 4) is 0 Å². The van der Waals surface area contributed by atoms with E-state index < -0.39 is 21.3 Å². The van der Waals surface area contributed by atoms with Crippen LogP contribution in [-0.2, 0) is 21.3 Å². The Labute approximate surface area is 230 Å². The van der Waals surface area contributed by atoms with Crippen LogP contribution in [0.15, 0.2) is 60.7 Å². The summed E-state index contributed by atoms with van der Waals surface area (Å²) in [6.45, 7) is 0. The van der Waals surface area contributed by atoms with Crippen molar-refractivity contribution in [3.05, 3.63) is 82.9 Å². The van der Waals surface area contributed by atoms with E-state index in [0.717, 1.165) is 11.1 Å². The first kappa shape index (κ1) is 26.7. The molecule has 2 fully saturated rings. The van der Waals surface area contributed by atoms with Crippen molar-refractivity contribution >= 4 is 33.6 Å². The summed E-state index contributed by atoms with van der Waals surface area (Å²) in [7, 11) is -0.315. The number of rotatable bonds is 6. The molecule has 0 N–H and O–H groups in total. The molecular weight excluding hydrogens is 567 g/mol. The Kier molecular flexibility index (Phi) is 9.30. The third-order valence-electron chi connectivity index (χ3n) is 8.78. The largest absolute Gasteiger partial charge is 1.00 e. The quantitative estimate of drug-likeness (QED) is 0.418. The van der Waals surface area contributed by atoms with Gasteiger partial charge in [-0.3, -0.25) is 0 Å². The maximum atomic E-state index is 5.07. The number of benzene rings is 2. The Hall–Kier alpha value is -0.313. The van der Waals surface area contributed by atoms with Crippen molar-refractivity contribution in [2.45, 2.75) is 69.7 Å². The van der Waals surface area contributed by atoms with E-state index in [1.165, 1.54) is 51.4 Å². The molecule has 2 atom stereocenters. The SMILES string of the molecule is [CH2]=[Zr+2]([CH]1C=C([SiH2]C2CCCC2)c2ccccc21)[CH]1C=C([SiH2]C2CCCC2)c2ccccc21.[Cl-].[Cl-]. The number of allylic oxidation sites excluding steroid dienone is 2. The molecule has 0 aliphatic heterocycles. The zero-order valence-corrected chi connectivity index (χ0v) is 26.9. The standard InChI is InChI=1S/2C14H17Si.CH2.2ClH.Zr/c2*1-4-8-13-11(5-1)9-10-14(13)15-12-6-2-3-7-12;;;;/h2*1,4-5,8-10,12H,2-3,6-7,15H2;1H2;2*1H;/q;;;;;+2/p-2. The molecule has 0 nitrogen and oxygen atoms in total. The number of fused-ring (bicyclic) bond motifs is 2. The van der Waals surface area contributed by atoms with Gasteiger partial charge in [-0.15, -0.1) is 0 Å². The minimum atomic E-state index is -2.02. The maximum absolute atomic E-state index is 5.07. The van der Waals surface area contributed by atoms with E-state index in [1.807, 2.05) is 0 Å². The second kappa shape index (κ2) is 11.8. The number of hydrogen-bond donors (Lipinski definition) is 0. The van der Waals surface area contributed by atoms with Crippen LogP contribution in [0.25, 0.3) is 10.4 Å². The van der Waals surface area contributed by atoms with Crippen LogP contribution >= 0.6 is 0 Å². The summed E-state index contributed by atoms with van der Waals surface area (Å²) in [4.78, 5) is 0. The predicted octanol–water partition coefficient (Wildman–Crippen LogP) is 0.299. The third kappa shape index (κ3) is 5.21. The van der Waals surface area contributed by atoms with Crippen molar-refractivity contribution in [2.75, 3.05) is 0 Å². The number of halogens is 2. The summed E-state index contributed by atoms with van der Waals surface area (Å²) < 4.78 is 6.43. The zero-order valence-electron chi connectivity index (χ0n) is 20.1. The molecule has 0 radical (unpaired) electrons. The molecule has 5 heteroatoms. The van der Waals surface area contributed by atoms with Crippen molar-refractivity contribution in [1.29, 1.82) is 0 Å². The van der Waals surface area contributed by atoms with E-state index in [1.54, 1.807) is 32.6 Å². The average Bonchev–Trinajstić information content (AvgIpc) is 3.62. The van der Waals surface area contributed by atoms with Crippen LogP contribution in [0.3, 0.4) is 0 Å². The maximum Gasteiger partial charge on any atom is -1.00 e. The number of hydrogen-bond acceptors (Lipinski definition) is 0. The van der Waals surface area contributed by atoms with Crippen molar-refractivity contribution < 1.29 is 46.1 Å². The van der Waals surface area contributed by atoms with Crippen LogP contribution in [0.4, 0.5) is 0 Å². The smallest absolute Gasteiger partial charge is 1.00 e. The Bertz CT molecular complexity index is 1010. The third-order valence-corrected chi connectivity index (χ3v) is 20.0. The first-order valence-corrected chi connectivity index (χ1v) is 20.7. The Morgan fingerprint density at radius 1 is 0.618 bits per heavy atom. The van der Waals surface area contributed by atoms with Gasteiger partial charge in [-0.1, -0.05) is 0 Å². The summed E-state index contributed by atoms with van der Waals surface area (Å²) in [6.07, 6.45) is 17.5. The summed E-state index contributed by atoms with van der Waals surface area (Å²) in [6, 6.07) is 18.9. The van der Waals surface area contributed by atoms with Gasteiger partial charge < -0.3 is 24.8 Å². The molecule has 178 valence electrons. The fourth-order valence-corrected chi connectivity index (χ4v) is 19.5. The fraction of sp³-hybridized carbons (Fsp3) is 0.414. The minimum Gasteiger partial charge on any atom is -1.00 e. The van der Waals surface area contributed by atoms with Gasteiger partial charge in [0.2, 0.25) is 0 Å². The van der Waals surface area contributed by atoms with Gasteiger partial charge in [0, 0.05) is 0 Å². The topological polar surface area (TPSA) is 0 Å². The van der Waals surface area contributed by atoms with Crippen LogP contribution in [0.1, 0.15) is 80.9 Å². The van der Waals surface area contributed by atoms with Gasteiger partial charge in [0.25, 0.3) is 0 Å². The van der Waals surface area contributed by atoms with E-state index in [-0.39, 0.29) is 43.9 Å².